The van der Waals surface area contributed by atoms with Crippen LogP contribution in [0.15, 0.2) is 48.5 Å². The molecule has 0 aliphatic rings. The van der Waals surface area contributed by atoms with Crippen LogP contribution in [-0.4, -0.2) is 0 Å². The summed E-state index contributed by atoms with van der Waals surface area (Å²) in [5.74, 6) is 0. The van der Waals surface area contributed by atoms with Crippen LogP contribution in [0, 0.1) is 11.3 Å². The molecule has 18 heavy (non-hydrogen) atoms. The SMILES string of the molecule is CC(C)(C)c1cccc(-c2ccccc2C#N)c1. The summed E-state index contributed by atoms with van der Waals surface area (Å²) < 4.78 is 0. The van der Waals surface area contributed by atoms with Crippen LogP contribution in [-0.2, 0) is 5.41 Å². The van der Waals surface area contributed by atoms with E-state index in [1.807, 2.05) is 24.3 Å². The molecule has 1 nitrogen and oxygen atoms in total. The highest BCUT2D eigenvalue weighted by Crippen LogP contribution is 2.29. The van der Waals surface area contributed by atoms with Gasteiger partial charge in [-0.1, -0.05) is 63.2 Å². The molecule has 0 heterocycles. The van der Waals surface area contributed by atoms with Crippen molar-refractivity contribution < 1.29 is 0 Å². The lowest BCUT2D eigenvalue weighted by atomic mass is 9.85. The van der Waals surface area contributed by atoms with Gasteiger partial charge in [0.15, 0.2) is 0 Å². The fourth-order valence-corrected chi connectivity index (χ4v) is 1.99. The van der Waals surface area contributed by atoms with Gasteiger partial charge in [0.2, 0.25) is 0 Å². The van der Waals surface area contributed by atoms with E-state index >= 15 is 0 Å². The van der Waals surface area contributed by atoms with Crippen LogP contribution in [0.5, 0.6) is 0 Å². The van der Waals surface area contributed by atoms with E-state index in [9.17, 15) is 0 Å². The van der Waals surface area contributed by atoms with Gasteiger partial charge >= 0.3 is 0 Å². The van der Waals surface area contributed by atoms with Gasteiger partial charge < -0.3 is 0 Å². The van der Waals surface area contributed by atoms with E-state index in [-0.39, 0.29) is 5.41 Å². The highest BCUT2D eigenvalue weighted by molar-refractivity contribution is 5.71. The summed E-state index contributed by atoms with van der Waals surface area (Å²) in [5, 5.41) is 9.16. The van der Waals surface area contributed by atoms with Gasteiger partial charge in [0.25, 0.3) is 0 Å². The number of nitriles is 1. The molecule has 0 aliphatic carbocycles. The lowest BCUT2D eigenvalue weighted by Crippen LogP contribution is -2.10. The molecule has 90 valence electrons. The third-order valence-electron chi connectivity index (χ3n) is 3.09. The first kappa shape index (κ1) is 12.4. The molecule has 0 amide bonds. The van der Waals surface area contributed by atoms with Crippen molar-refractivity contribution in [1.82, 2.24) is 0 Å². The zero-order chi connectivity index (χ0) is 13.2. The second-order valence-electron chi connectivity index (χ2n) is 5.49. The van der Waals surface area contributed by atoms with Crippen molar-refractivity contribution in [2.75, 3.05) is 0 Å². The molecule has 0 saturated heterocycles. The average Bonchev–Trinajstić information content (AvgIpc) is 2.38. The Labute approximate surface area is 109 Å². The number of nitrogens with zero attached hydrogens (tertiary/aromatic N) is 1. The van der Waals surface area contributed by atoms with Crippen molar-refractivity contribution in [1.29, 1.82) is 5.26 Å². The molecule has 2 aromatic carbocycles. The maximum atomic E-state index is 9.16. The quantitative estimate of drug-likeness (QED) is 0.712. The first-order valence-electron chi connectivity index (χ1n) is 6.12. The van der Waals surface area contributed by atoms with Crippen molar-refractivity contribution in [3.8, 4) is 17.2 Å². The fourth-order valence-electron chi connectivity index (χ4n) is 1.99. The molecule has 2 rings (SSSR count). The monoisotopic (exact) mass is 235 g/mol. The Hall–Kier alpha value is -2.07. The van der Waals surface area contributed by atoms with Gasteiger partial charge in [-0.3, -0.25) is 0 Å². The van der Waals surface area contributed by atoms with Gasteiger partial charge in [0, 0.05) is 0 Å². The van der Waals surface area contributed by atoms with Crippen LogP contribution in [0.3, 0.4) is 0 Å². The van der Waals surface area contributed by atoms with E-state index in [4.69, 9.17) is 5.26 Å². The zero-order valence-electron chi connectivity index (χ0n) is 11.1. The second-order valence-corrected chi connectivity index (χ2v) is 5.49. The predicted molar refractivity (Wildman–Crippen MR) is 75.3 cm³/mol. The molecule has 0 unspecified atom stereocenters. The van der Waals surface area contributed by atoms with Gasteiger partial charge in [0.1, 0.15) is 0 Å². The summed E-state index contributed by atoms with van der Waals surface area (Å²) in [6.07, 6.45) is 0. The number of hydrogen-bond donors (Lipinski definition) is 0. The van der Waals surface area contributed by atoms with E-state index in [1.165, 1.54) is 5.56 Å². The van der Waals surface area contributed by atoms with Crippen molar-refractivity contribution in [3.05, 3.63) is 59.7 Å². The highest BCUT2D eigenvalue weighted by atomic mass is 14.2. The lowest BCUT2D eigenvalue weighted by Gasteiger charge is -2.20. The minimum atomic E-state index is 0.123. The summed E-state index contributed by atoms with van der Waals surface area (Å²) >= 11 is 0. The molecule has 0 fully saturated rings. The molecule has 0 bridgehead atoms. The Bertz CT molecular complexity index is 597. The number of rotatable bonds is 1. The van der Waals surface area contributed by atoms with Crippen LogP contribution in [0.1, 0.15) is 31.9 Å². The lowest BCUT2D eigenvalue weighted by molar-refractivity contribution is 0.590. The number of benzene rings is 2. The molecule has 0 atom stereocenters. The average molecular weight is 235 g/mol. The third-order valence-corrected chi connectivity index (χ3v) is 3.09. The molecule has 0 aromatic heterocycles. The van der Waals surface area contributed by atoms with E-state index in [2.05, 4.69) is 51.1 Å². The molecule has 0 N–H and O–H groups in total. The predicted octanol–water partition coefficient (Wildman–Crippen LogP) is 4.52. The fraction of sp³-hybridized carbons (Fsp3) is 0.235. The Morgan fingerprint density at radius 2 is 1.67 bits per heavy atom. The molecule has 1 heteroatoms. The minimum absolute atomic E-state index is 0.123. The minimum Gasteiger partial charge on any atom is -0.192 e. The van der Waals surface area contributed by atoms with E-state index < -0.39 is 0 Å². The van der Waals surface area contributed by atoms with Crippen LogP contribution in [0.4, 0.5) is 0 Å². The third kappa shape index (κ3) is 2.43. The summed E-state index contributed by atoms with van der Waals surface area (Å²) in [6.45, 7) is 6.59. The van der Waals surface area contributed by atoms with Crippen molar-refractivity contribution in [3.63, 3.8) is 0 Å². The van der Waals surface area contributed by atoms with Crippen LogP contribution in [0.2, 0.25) is 0 Å². The second kappa shape index (κ2) is 4.66. The van der Waals surface area contributed by atoms with Crippen molar-refractivity contribution in [2.45, 2.75) is 26.2 Å². The van der Waals surface area contributed by atoms with E-state index in [1.54, 1.807) is 0 Å². The zero-order valence-corrected chi connectivity index (χ0v) is 11.1. The van der Waals surface area contributed by atoms with Crippen molar-refractivity contribution in [2.24, 2.45) is 0 Å². The van der Waals surface area contributed by atoms with Crippen LogP contribution < -0.4 is 0 Å². The largest absolute Gasteiger partial charge is 0.192 e. The summed E-state index contributed by atoms with van der Waals surface area (Å²) in [4.78, 5) is 0. The van der Waals surface area contributed by atoms with Crippen LogP contribution >= 0.6 is 0 Å². The van der Waals surface area contributed by atoms with E-state index in [0.717, 1.165) is 16.7 Å². The summed E-state index contributed by atoms with van der Waals surface area (Å²) in [6, 6.07) is 18.4. The first-order chi connectivity index (χ1) is 8.52. The maximum absolute atomic E-state index is 9.16. The first-order valence-corrected chi connectivity index (χ1v) is 6.12. The smallest absolute Gasteiger partial charge is 0.0998 e. The molecular weight excluding hydrogens is 218 g/mol. The Morgan fingerprint density at radius 1 is 0.944 bits per heavy atom. The molecule has 0 radical (unpaired) electrons. The van der Waals surface area contributed by atoms with Crippen molar-refractivity contribution >= 4 is 0 Å². The molecule has 0 aliphatic heterocycles. The van der Waals surface area contributed by atoms with Gasteiger partial charge in [0.05, 0.1) is 11.6 Å². The molecule has 0 saturated carbocycles. The van der Waals surface area contributed by atoms with Gasteiger partial charge in [-0.25, -0.2) is 0 Å². The molecule has 0 spiro atoms. The van der Waals surface area contributed by atoms with Gasteiger partial charge in [-0.05, 0) is 28.2 Å². The Kier molecular flexibility index (Phi) is 3.21. The topological polar surface area (TPSA) is 23.8 Å². The highest BCUT2D eigenvalue weighted by Gasteiger charge is 2.14. The summed E-state index contributed by atoms with van der Waals surface area (Å²) in [7, 11) is 0. The van der Waals surface area contributed by atoms with Crippen LogP contribution in [0.25, 0.3) is 11.1 Å². The normalized spacial score (nSPS) is 11.0. The summed E-state index contributed by atoms with van der Waals surface area (Å²) in [5.41, 5.74) is 4.25. The molecule has 2 aromatic rings. The number of hydrogen-bond acceptors (Lipinski definition) is 1. The molecular formula is C17H17N. The Balaban J connectivity index is 2.56. The Morgan fingerprint density at radius 3 is 2.33 bits per heavy atom. The van der Waals surface area contributed by atoms with Gasteiger partial charge in [-0.15, -0.1) is 0 Å². The standard InChI is InChI=1S/C17H17N/c1-17(2,3)15-9-6-8-13(11-15)16-10-5-4-7-14(16)12-18/h4-11H,1-3H3. The maximum Gasteiger partial charge on any atom is 0.0998 e. The van der Waals surface area contributed by atoms with Gasteiger partial charge in [-0.2, -0.15) is 5.26 Å². The van der Waals surface area contributed by atoms with E-state index in [0.29, 0.717) is 0 Å².